The molecule has 0 atom stereocenters. The van der Waals surface area contributed by atoms with Gasteiger partial charge in [0.05, 0.1) is 17.5 Å². The molecule has 5 rings (SSSR count). The predicted molar refractivity (Wildman–Crippen MR) is 125 cm³/mol. The van der Waals surface area contributed by atoms with Crippen LogP contribution < -0.4 is 0 Å². The molecule has 1 fully saturated rings. The summed E-state index contributed by atoms with van der Waals surface area (Å²) in [6, 6.07) is 23.1. The van der Waals surface area contributed by atoms with E-state index in [1.54, 1.807) is 12.1 Å². The summed E-state index contributed by atoms with van der Waals surface area (Å²) in [5.41, 5.74) is 4.86. The first-order chi connectivity index (χ1) is 15.6. The van der Waals surface area contributed by atoms with Gasteiger partial charge in [0.1, 0.15) is 11.6 Å². The number of piperidine rings is 1. The number of benzene rings is 3. The van der Waals surface area contributed by atoms with Gasteiger partial charge in [0.2, 0.25) is 5.91 Å². The zero-order chi connectivity index (χ0) is 22.1. The first-order valence-electron chi connectivity index (χ1n) is 11.1. The van der Waals surface area contributed by atoms with E-state index in [0.717, 1.165) is 40.8 Å². The molecule has 0 N–H and O–H groups in total. The molecule has 0 spiro atoms. The number of aryl methyl sites for hydroxylation is 1. The zero-order valence-electron chi connectivity index (χ0n) is 18.2. The quantitative estimate of drug-likeness (QED) is 0.428. The molecule has 1 amide bonds. The van der Waals surface area contributed by atoms with Gasteiger partial charge in [0.15, 0.2) is 0 Å². The molecule has 4 nitrogen and oxygen atoms in total. The van der Waals surface area contributed by atoms with Gasteiger partial charge in [-0.05, 0) is 43.5 Å². The number of carbonyl (C=O) groups excluding carboxylic acids is 1. The van der Waals surface area contributed by atoms with E-state index in [1.165, 1.54) is 11.6 Å². The van der Waals surface area contributed by atoms with Crippen molar-refractivity contribution in [3.8, 4) is 11.4 Å². The van der Waals surface area contributed by atoms with Crippen molar-refractivity contribution < 1.29 is 9.18 Å². The summed E-state index contributed by atoms with van der Waals surface area (Å²) in [6.45, 7) is 3.43. The number of rotatable bonds is 4. The molecule has 0 radical (unpaired) electrons. The molecule has 0 saturated carbocycles. The Morgan fingerprint density at radius 3 is 2.44 bits per heavy atom. The number of halogens is 1. The van der Waals surface area contributed by atoms with Crippen molar-refractivity contribution in [2.45, 2.75) is 32.2 Å². The van der Waals surface area contributed by atoms with Crippen LogP contribution in [-0.2, 0) is 11.2 Å². The molecule has 1 aromatic heterocycles. The number of hydrogen-bond donors (Lipinski definition) is 0. The molecule has 0 unspecified atom stereocenters. The highest BCUT2D eigenvalue weighted by Gasteiger charge is 2.27. The van der Waals surface area contributed by atoms with Gasteiger partial charge in [-0.2, -0.15) is 0 Å². The Balaban J connectivity index is 1.38. The summed E-state index contributed by atoms with van der Waals surface area (Å²) in [4.78, 5) is 19.6. The lowest BCUT2D eigenvalue weighted by Crippen LogP contribution is -2.40. The Morgan fingerprint density at radius 2 is 1.72 bits per heavy atom. The van der Waals surface area contributed by atoms with Crippen LogP contribution in [-0.4, -0.2) is 33.4 Å². The van der Waals surface area contributed by atoms with E-state index in [-0.39, 0.29) is 17.8 Å². The minimum atomic E-state index is -0.260. The summed E-state index contributed by atoms with van der Waals surface area (Å²) in [6.07, 6.45) is 2.07. The lowest BCUT2D eigenvalue weighted by molar-refractivity contribution is -0.131. The van der Waals surface area contributed by atoms with Gasteiger partial charge in [0.25, 0.3) is 0 Å². The third-order valence-electron chi connectivity index (χ3n) is 6.34. The minimum absolute atomic E-state index is 0.164. The summed E-state index contributed by atoms with van der Waals surface area (Å²) < 4.78 is 16.3. The Kier molecular flexibility index (Phi) is 5.48. The number of nitrogens with zero attached hydrogens (tertiary/aromatic N) is 3. The van der Waals surface area contributed by atoms with Crippen molar-refractivity contribution in [1.29, 1.82) is 0 Å². The fourth-order valence-corrected chi connectivity index (χ4v) is 4.59. The molecule has 4 aromatic rings. The molecule has 1 aliphatic rings. The summed E-state index contributed by atoms with van der Waals surface area (Å²) in [5.74, 6) is 0.761. The number of fused-ring (bicyclic) bond motifs is 1. The normalized spacial score (nSPS) is 14.8. The van der Waals surface area contributed by atoms with E-state index >= 15 is 0 Å². The molecular weight excluding hydrogens is 401 g/mol. The second-order valence-electron chi connectivity index (χ2n) is 8.58. The maximum Gasteiger partial charge on any atom is 0.226 e. The van der Waals surface area contributed by atoms with Crippen molar-refractivity contribution in [3.63, 3.8) is 0 Å². The largest absolute Gasteiger partial charge is 0.342 e. The van der Waals surface area contributed by atoms with Crippen molar-refractivity contribution in [3.05, 3.63) is 89.7 Å². The average Bonchev–Trinajstić information content (AvgIpc) is 3.20. The highest BCUT2D eigenvalue weighted by atomic mass is 19.1. The van der Waals surface area contributed by atoms with Crippen LogP contribution >= 0.6 is 0 Å². The van der Waals surface area contributed by atoms with E-state index in [2.05, 4.69) is 4.57 Å². The molecule has 1 saturated heterocycles. The lowest BCUT2D eigenvalue weighted by Gasteiger charge is -2.34. The van der Waals surface area contributed by atoms with Gasteiger partial charge in [-0.25, -0.2) is 9.37 Å². The number of imidazole rings is 1. The summed E-state index contributed by atoms with van der Waals surface area (Å²) in [5, 5.41) is 0. The lowest BCUT2D eigenvalue weighted by atomic mass is 10.0. The molecule has 5 heteroatoms. The Hall–Kier alpha value is -3.47. The van der Waals surface area contributed by atoms with Crippen molar-refractivity contribution >= 4 is 16.9 Å². The third kappa shape index (κ3) is 4.03. The number of likely N-dealkylation sites (tertiary alicyclic amines) is 1. The highest BCUT2D eigenvalue weighted by Crippen LogP contribution is 2.33. The van der Waals surface area contributed by atoms with Crippen LogP contribution in [0.2, 0.25) is 0 Å². The number of carbonyl (C=O) groups is 1. The maximum atomic E-state index is 14.1. The topological polar surface area (TPSA) is 38.1 Å². The van der Waals surface area contributed by atoms with E-state index in [4.69, 9.17) is 4.98 Å². The second kappa shape index (κ2) is 8.58. The molecule has 3 aromatic carbocycles. The smallest absolute Gasteiger partial charge is 0.226 e. The van der Waals surface area contributed by atoms with Crippen LogP contribution in [0, 0.1) is 12.7 Å². The van der Waals surface area contributed by atoms with Gasteiger partial charge in [-0.1, -0.05) is 60.2 Å². The van der Waals surface area contributed by atoms with E-state index in [9.17, 15) is 9.18 Å². The zero-order valence-corrected chi connectivity index (χ0v) is 18.2. The predicted octanol–water partition coefficient (Wildman–Crippen LogP) is 5.56. The minimum Gasteiger partial charge on any atom is -0.342 e. The van der Waals surface area contributed by atoms with Gasteiger partial charge in [-0.3, -0.25) is 4.79 Å². The van der Waals surface area contributed by atoms with Crippen LogP contribution in [0.5, 0.6) is 0 Å². The fraction of sp³-hybridized carbons (Fsp3) is 0.259. The average molecular weight is 428 g/mol. The maximum absolute atomic E-state index is 14.1. The first-order valence-corrected chi connectivity index (χ1v) is 11.1. The number of aromatic nitrogens is 2. The molecule has 0 bridgehead atoms. The molecule has 2 heterocycles. The van der Waals surface area contributed by atoms with Crippen LogP contribution in [0.25, 0.3) is 22.4 Å². The van der Waals surface area contributed by atoms with Crippen molar-refractivity contribution in [2.24, 2.45) is 0 Å². The third-order valence-corrected chi connectivity index (χ3v) is 6.34. The molecule has 1 aliphatic heterocycles. The molecule has 0 aliphatic carbocycles. The van der Waals surface area contributed by atoms with E-state index in [0.29, 0.717) is 19.5 Å². The van der Waals surface area contributed by atoms with Crippen LogP contribution in [0.1, 0.15) is 30.0 Å². The highest BCUT2D eigenvalue weighted by molar-refractivity contribution is 5.81. The summed E-state index contributed by atoms with van der Waals surface area (Å²) in [7, 11) is 0. The van der Waals surface area contributed by atoms with Crippen molar-refractivity contribution in [1.82, 2.24) is 14.5 Å². The Labute approximate surface area is 187 Å². The van der Waals surface area contributed by atoms with Gasteiger partial charge < -0.3 is 9.47 Å². The van der Waals surface area contributed by atoms with E-state index in [1.807, 2.05) is 66.4 Å². The molecule has 32 heavy (non-hydrogen) atoms. The first kappa shape index (κ1) is 20.4. The van der Waals surface area contributed by atoms with Gasteiger partial charge >= 0.3 is 0 Å². The monoisotopic (exact) mass is 427 g/mol. The number of amides is 1. The summed E-state index contributed by atoms with van der Waals surface area (Å²) >= 11 is 0. The number of hydrogen-bond acceptors (Lipinski definition) is 2. The van der Waals surface area contributed by atoms with Gasteiger partial charge in [0, 0.05) is 24.7 Å². The Morgan fingerprint density at radius 1 is 1.00 bits per heavy atom. The van der Waals surface area contributed by atoms with E-state index < -0.39 is 0 Å². The van der Waals surface area contributed by atoms with Crippen molar-refractivity contribution in [2.75, 3.05) is 13.1 Å². The van der Waals surface area contributed by atoms with Crippen LogP contribution in [0.3, 0.4) is 0 Å². The van der Waals surface area contributed by atoms with Gasteiger partial charge in [-0.15, -0.1) is 0 Å². The standard InChI is InChI=1S/C27H26FN3O/c1-19-7-9-20(10-8-19)17-26(32)30-15-13-23(14-16-30)31-25-18-22(28)11-12-24(25)29-27(31)21-5-3-2-4-6-21/h2-12,18,23H,13-17H2,1H3. The van der Waals surface area contributed by atoms with Crippen LogP contribution in [0.15, 0.2) is 72.8 Å². The molecular formula is C27H26FN3O. The second-order valence-corrected chi connectivity index (χ2v) is 8.58. The Bertz CT molecular complexity index is 1240. The molecule has 162 valence electrons. The fourth-order valence-electron chi connectivity index (χ4n) is 4.59. The van der Waals surface area contributed by atoms with Crippen LogP contribution in [0.4, 0.5) is 4.39 Å². The SMILES string of the molecule is Cc1ccc(CC(=O)N2CCC(n3c(-c4ccccc4)nc4ccc(F)cc43)CC2)cc1.